The van der Waals surface area contributed by atoms with Crippen LogP contribution in [0.15, 0.2) is 18.2 Å². The molecule has 0 aromatic heterocycles. The predicted molar refractivity (Wildman–Crippen MR) is 85.1 cm³/mol. The van der Waals surface area contributed by atoms with Crippen LogP contribution in [0, 0.1) is 5.82 Å². The third-order valence-electron chi connectivity index (χ3n) is 3.71. The minimum absolute atomic E-state index is 0.177. The van der Waals surface area contributed by atoms with Gasteiger partial charge >= 0.3 is 6.09 Å². The summed E-state index contributed by atoms with van der Waals surface area (Å²) < 4.78 is 44.9. The second-order valence-corrected chi connectivity index (χ2v) is 6.77. The molecule has 1 fully saturated rings. The van der Waals surface area contributed by atoms with Crippen LogP contribution in [0.4, 0.5) is 18.0 Å². The lowest BCUT2D eigenvalue weighted by Crippen LogP contribution is -2.51. The molecule has 1 aromatic carbocycles. The Morgan fingerprint density at radius 3 is 2.16 bits per heavy atom. The Morgan fingerprint density at radius 2 is 1.64 bits per heavy atom. The fraction of sp³-hybridized carbons (Fsp3) is 0.529. The van der Waals surface area contributed by atoms with E-state index >= 15 is 0 Å². The van der Waals surface area contributed by atoms with Gasteiger partial charge in [-0.15, -0.1) is 0 Å². The number of hydrogen-bond donors (Lipinski definition) is 0. The Kier molecular flexibility index (Phi) is 5.59. The Labute approximate surface area is 144 Å². The minimum Gasteiger partial charge on any atom is -0.444 e. The van der Waals surface area contributed by atoms with Crippen LogP contribution in [0.1, 0.15) is 43.1 Å². The molecule has 1 heterocycles. The first kappa shape index (κ1) is 19.1. The number of carbonyl (C=O) groups excluding carboxylic acids is 2. The molecule has 0 bridgehead atoms. The van der Waals surface area contributed by atoms with Crippen molar-refractivity contribution in [2.45, 2.75) is 32.8 Å². The number of benzene rings is 1. The van der Waals surface area contributed by atoms with Crippen LogP contribution < -0.4 is 0 Å². The second-order valence-electron chi connectivity index (χ2n) is 6.77. The van der Waals surface area contributed by atoms with Crippen molar-refractivity contribution in [2.75, 3.05) is 26.2 Å². The number of rotatable bonds is 2. The largest absolute Gasteiger partial charge is 0.444 e. The summed E-state index contributed by atoms with van der Waals surface area (Å²) in [4.78, 5) is 27.2. The normalized spacial score (nSPS) is 15.5. The zero-order valence-corrected chi connectivity index (χ0v) is 14.4. The van der Waals surface area contributed by atoms with E-state index in [0.717, 1.165) is 6.07 Å². The van der Waals surface area contributed by atoms with E-state index in [1.807, 2.05) is 0 Å². The first-order valence-electron chi connectivity index (χ1n) is 7.94. The van der Waals surface area contributed by atoms with Crippen molar-refractivity contribution in [2.24, 2.45) is 0 Å². The smallest absolute Gasteiger partial charge is 0.410 e. The number of amides is 2. The molecule has 5 nitrogen and oxygen atoms in total. The Balaban J connectivity index is 2.03. The molecule has 1 aromatic rings. The summed E-state index contributed by atoms with van der Waals surface area (Å²) in [5.74, 6) is -1.86. The zero-order valence-electron chi connectivity index (χ0n) is 14.4. The van der Waals surface area contributed by atoms with Crippen molar-refractivity contribution in [1.82, 2.24) is 9.80 Å². The average molecular weight is 358 g/mol. The highest BCUT2D eigenvalue weighted by atomic mass is 19.3. The molecule has 1 aliphatic heterocycles. The van der Waals surface area contributed by atoms with Crippen molar-refractivity contribution >= 4 is 12.0 Å². The third kappa shape index (κ3) is 4.64. The van der Waals surface area contributed by atoms with E-state index in [1.54, 1.807) is 20.8 Å². The molecule has 1 aliphatic rings. The molecule has 0 unspecified atom stereocenters. The van der Waals surface area contributed by atoms with Crippen LogP contribution in [-0.4, -0.2) is 53.6 Å². The monoisotopic (exact) mass is 358 g/mol. The van der Waals surface area contributed by atoms with Crippen LogP contribution >= 0.6 is 0 Å². The molecule has 0 aliphatic carbocycles. The van der Waals surface area contributed by atoms with E-state index < -0.39 is 35.4 Å². The molecule has 2 amide bonds. The van der Waals surface area contributed by atoms with Crippen LogP contribution in [0.3, 0.4) is 0 Å². The summed E-state index contributed by atoms with van der Waals surface area (Å²) in [6.07, 6.45) is -3.47. The molecule has 8 heteroatoms. The predicted octanol–water partition coefficient (Wildman–Crippen LogP) is 3.46. The number of hydrogen-bond acceptors (Lipinski definition) is 3. The number of nitrogens with zero attached hydrogens (tertiary/aromatic N) is 2. The quantitative estimate of drug-likeness (QED) is 0.814. The van der Waals surface area contributed by atoms with E-state index in [4.69, 9.17) is 4.74 Å². The molecule has 1 saturated heterocycles. The standard InChI is InChI=1S/C17H21F3N2O3/c1-17(2,3)25-16(24)22-9-7-21(8-10-22)15(23)12-6-4-5-11(13(12)18)14(19)20/h4-6,14H,7-10H2,1-3H3. The highest BCUT2D eigenvalue weighted by molar-refractivity contribution is 5.95. The van der Waals surface area contributed by atoms with Gasteiger partial charge in [-0.25, -0.2) is 18.0 Å². The Morgan fingerprint density at radius 1 is 1.08 bits per heavy atom. The van der Waals surface area contributed by atoms with Crippen molar-refractivity contribution < 1.29 is 27.5 Å². The van der Waals surface area contributed by atoms with Gasteiger partial charge in [-0.1, -0.05) is 12.1 Å². The molecule has 0 N–H and O–H groups in total. The zero-order chi connectivity index (χ0) is 18.8. The maximum Gasteiger partial charge on any atom is 0.410 e. The van der Waals surface area contributed by atoms with Crippen molar-refractivity contribution in [3.8, 4) is 0 Å². The van der Waals surface area contributed by atoms with Gasteiger partial charge in [0.25, 0.3) is 12.3 Å². The number of halogens is 3. The molecular formula is C17H21F3N2O3. The molecule has 0 saturated carbocycles. The number of piperazine rings is 1. The third-order valence-corrected chi connectivity index (χ3v) is 3.71. The summed E-state index contributed by atoms with van der Waals surface area (Å²) in [7, 11) is 0. The van der Waals surface area contributed by atoms with Gasteiger partial charge in [-0.2, -0.15) is 0 Å². The van der Waals surface area contributed by atoms with Gasteiger partial charge in [0.1, 0.15) is 11.4 Å². The first-order chi connectivity index (χ1) is 11.6. The molecule has 0 spiro atoms. The van der Waals surface area contributed by atoms with E-state index in [-0.39, 0.29) is 31.7 Å². The van der Waals surface area contributed by atoms with E-state index in [2.05, 4.69) is 0 Å². The van der Waals surface area contributed by atoms with Crippen molar-refractivity contribution in [1.29, 1.82) is 0 Å². The lowest BCUT2D eigenvalue weighted by atomic mass is 10.1. The van der Waals surface area contributed by atoms with Gasteiger partial charge in [0.15, 0.2) is 0 Å². The van der Waals surface area contributed by atoms with Crippen LogP contribution in [0.25, 0.3) is 0 Å². The van der Waals surface area contributed by atoms with Crippen LogP contribution in [0.2, 0.25) is 0 Å². The van der Waals surface area contributed by atoms with Gasteiger partial charge in [0.05, 0.1) is 11.1 Å². The van der Waals surface area contributed by atoms with Crippen molar-refractivity contribution in [3.63, 3.8) is 0 Å². The molecular weight excluding hydrogens is 337 g/mol. The van der Waals surface area contributed by atoms with Gasteiger partial charge in [-0.05, 0) is 26.8 Å². The van der Waals surface area contributed by atoms with Gasteiger partial charge in [0.2, 0.25) is 0 Å². The molecule has 0 atom stereocenters. The summed E-state index contributed by atoms with van der Waals surface area (Å²) in [5.41, 5.74) is -1.80. The lowest BCUT2D eigenvalue weighted by Gasteiger charge is -2.35. The summed E-state index contributed by atoms with van der Waals surface area (Å²) in [5, 5.41) is 0. The topological polar surface area (TPSA) is 49.9 Å². The second kappa shape index (κ2) is 7.33. The summed E-state index contributed by atoms with van der Waals surface area (Å²) >= 11 is 0. The first-order valence-corrected chi connectivity index (χ1v) is 7.94. The van der Waals surface area contributed by atoms with E-state index in [1.165, 1.54) is 21.9 Å². The summed E-state index contributed by atoms with van der Waals surface area (Å²) in [6.45, 7) is 6.08. The van der Waals surface area contributed by atoms with E-state index in [0.29, 0.717) is 0 Å². The summed E-state index contributed by atoms with van der Waals surface area (Å²) in [6, 6.07) is 3.37. The Bertz CT molecular complexity index is 651. The highest BCUT2D eigenvalue weighted by Gasteiger charge is 2.30. The van der Waals surface area contributed by atoms with E-state index in [9.17, 15) is 22.8 Å². The fourth-order valence-corrected chi connectivity index (χ4v) is 2.47. The molecule has 25 heavy (non-hydrogen) atoms. The SMILES string of the molecule is CC(C)(C)OC(=O)N1CCN(C(=O)c2cccc(C(F)F)c2F)CC1. The molecule has 2 rings (SSSR count). The Hall–Kier alpha value is -2.25. The lowest BCUT2D eigenvalue weighted by molar-refractivity contribution is 0.0140. The molecule has 138 valence electrons. The average Bonchev–Trinajstić information content (AvgIpc) is 2.52. The van der Waals surface area contributed by atoms with Gasteiger partial charge in [-0.3, -0.25) is 4.79 Å². The van der Waals surface area contributed by atoms with Crippen LogP contribution in [0.5, 0.6) is 0 Å². The number of alkyl halides is 2. The maximum absolute atomic E-state index is 14.1. The maximum atomic E-state index is 14.1. The highest BCUT2D eigenvalue weighted by Crippen LogP contribution is 2.25. The number of carbonyl (C=O) groups is 2. The minimum atomic E-state index is -2.99. The fourth-order valence-electron chi connectivity index (χ4n) is 2.47. The molecule has 0 radical (unpaired) electrons. The number of ether oxygens (including phenoxy) is 1. The van der Waals surface area contributed by atoms with Crippen LogP contribution in [-0.2, 0) is 4.74 Å². The van der Waals surface area contributed by atoms with Gasteiger partial charge < -0.3 is 14.5 Å². The van der Waals surface area contributed by atoms with Crippen molar-refractivity contribution in [3.05, 3.63) is 35.1 Å². The van der Waals surface area contributed by atoms with Gasteiger partial charge in [0, 0.05) is 26.2 Å².